The molecule has 2 nitrogen and oxygen atoms in total. The molecule has 1 fully saturated rings. The number of hydrogen-bond donors (Lipinski definition) is 0. The summed E-state index contributed by atoms with van der Waals surface area (Å²) < 4.78 is 11.6. The van der Waals surface area contributed by atoms with Gasteiger partial charge >= 0.3 is 0 Å². The van der Waals surface area contributed by atoms with E-state index in [1.54, 1.807) is 0 Å². The topological polar surface area (TPSA) is 18.5 Å². The molecule has 1 aliphatic carbocycles. The first-order valence-corrected chi connectivity index (χ1v) is 5.77. The van der Waals surface area contributed by atoms with Gasteiger partial charge in [0, 0.05) is 12.8 Å². The molecule has 2 heteroatoms. The van der Waals surface area contributed by atoms with E-state index in [4.69, 9.17) is 9.47 Å². The Morgan fingerprint density at radius 1 is 1.13 bits per heavy atom. The molecule has 0 amide bonds. The summed E-state index contributed by atoms with van der Waals surface area (Å²) in [6, 6.07) is 6.05. The third kappa shape index (κ3) is 1.58. The van der Waals surface area contributed by atoms with E-state index in [-0.39, 0.29) is 5.79 Å². The Bertz CT molecular complexity index is 354. The number of aryl methyl sites for hydroxylation is 1. The number of para-hydroxylation sites is 1. The zero-order chi connectivity index (χ0) is 10.9. The molecule has 1 aliphatic heterocycles. The lowest BCUT2D eigenvalue weighted by Crippen LogP contribution is -2.45. The van der Waals surface area contributed by atoms with Crippen LogP contribution in [0, 0.1) is 6.92 Å². The SMILES string of the molecule is CC.Cc1cccc2c1OC1(CCC1)O2. The molecular formula is C13H18O2. The molecule has 0 saturated heterocycles. The van der Waals surface area contributed by atoms with Crippen molar-refractivity contribution in [3.63, 3.8) is 0 Å². The third-order valence-corrected chi connectivity index (χ3v) is 2.88. The highest BCUT2D eigenvalue weighted by atomic mass is 16.7. The molecule has 1 aromatic carbocycles. The summed E-state index contributed by atoms with van der Waals surface area (Å²) in [4.78, 5) is 0. The van der Waals surface area contributed by atoms with Gasteiger partial charge in [0.15, 0.2) is 11.5 Å². The third-order valence-electron chi connectivity index (χ3n) is 2.88. The minimum absolute atomic E-state index is 0.283. The number of fused-ring (bicyclic) bond motifs is 1. The zero-order valence-electron chi connectivity index (χ0n) is 9.67. The Morgan fingerprint density at radius 2 is 1.87 bits per heavy atom. The molecule has 0 N–H and O–H groups in total. The van der Waals surface area contributed by atoms with Gasteiger partial charge in [0.1, 0.15) is 0 Å². The summed E-state index contributed by atoms with van der Waals surface area (Å²) in [5, 5.41) is 0. The fraction of sp³-hybridized carbons (Fsp3) is 0.538. The summed E-state index contributed by atoms with van der Waals surface area (Å²) >= 11 is 0. The molecule has 1 heterocycles. The molecule has 1 saturated carbocycles. The van der Waals surface area contributed by atoms with Crippen LogP contribution in [0.1, 0.15) is 38.7 Å². The Kier molecular flexibility index (Phi) is 2.59. The molecular weight excluding hydrogens is 188 g/mol. The van der Waals surface area contributed by atoms with Crippen LogP contribution in [0.15, 0.2) is 18.2 Å². The Labute approximate surface area is 91.2 Å². The van der Waals surface area contributed by atoms with E-state index < -0.39 is 0 Å². The van der Waals surface area contributed by atoms with Crippen molar-refractivity contribution in [2.45, 2.75) is 45.8 Å². The fourth-order valence-corrected chi connectivity index (χ4v) is 1.91. The van der Waals surface area contributed by atoms with Gasteiger partial charge in [-0.05, 0) is 25.0 Å². The van der Waals surface area contributed by atoms with Gasteiger partial charge in [-0.25, -0.2) is 0 Å². The summed E-state index contributed by atoms with van der Waals surface area (Å²) in [5.74, 6) is 1.58. The average Bonchev–Trinajstić information content (AvgIpc) is 2.62. The van der Waals surface area contributed by atoms with Gasteiger partial charge in [-0.2, -0.15) is 0 Å². The van der Waals surface area contributed by atoms with E-state index in [9.17, 15) is 0 Å². The second kappa shape index (κ2) is 3.76. The highest BCUT2D eigenvalue weighted by Crippen LogP contribution is 2.49. The van der Waals surface area contributed by atoms with Gasteiger partial charge in [0.05, 0.1) is 0 Å². The Morgan fingerprint density at radius 3 is 2.40 bits per heavy atom. The number of benzene rings is 1. The summed E-state index contributed by atoms with van der Waals surface area (Å²) in [6.45, 7) is 6.06. The number of ether oxygens (including phenoxy) is 2. The van der Waals surface area contributed by atoms with Gasteiger partial charge in [0.2, 0.25) is 0 Å². The average molecular weight is 206 g/mol. The van der Waals surface area contributed by atoms with Crippen LogP contribution in [0.2, 0.25) is 0 Å². The van der Waals surface area contributed by atoms with Crippen molar-refractivity contribution < 1.29 is 9.47 Å². The van der Waals surface area contributed by atoms with Crippen LogP contribution in [0.25, 0.3) is 0 Å². The highest BCUT2D eigenvalue weighted by Gasteiger charge is 2.47. The quantitative estimate of drug-likeness (QED) is 0.644. The van der Waals surface area contributed by atoms with E-state index >= 15 is 0 Å². The van der Waals surface area contributed by atoms with Crippen LogP contribution in [0.5, 0.6) is 11.5 Å². The highest BCUT2D eigenvalue weighted by molar-refractivity contribution is 5.48. The maximum absolute atomic E-state index is 5.84. The minimum Gasteiger partial charge on any atom is -0.448 e. The lowest BCUT2D eigenvalue weighted by molar-refractivity contribution is -0.138. The summed E-state index contributed by atoms with van der Waals surface area (Å²) in [5.41, 5.74) is 1.17. The van der Waals surface area contributed by atoms with Crippen LogP contribution in [-0.2, 0) is 0 Å². The number of hydrogen-bond acceptors (Lipinski definition) is 2. The van der Waals surface area contributed by atoms with E-state index in [1.807, 2.05) is 26.0 Å². The molecule has 0 atom stereocenters. The maximum Gasteiger partial charge on any atom is 0.251 e. The monoisotopic (exact) mass is 206 g/mol. The van der Waals surface area contributed by atoms with Gasteiger partial charge < -0.3 is 9.47 Å². The normalized spacial score (nSPS) is 19.1. The first-order chi connectivity index (χ1) is 7.29. The predicted octanol–water partition coefficient (Wildman–Crippen LogP) is 3.67. The Balaban J connectivity index is 0.000000404. The van der Waals surface area contributed by atoms with Crippen LogP contribution >= 0.6 is 0 Å². The smallest absolute Gasteiger partial charge is 0.251 e. The zero-order valence-corrected chi connectivity index (χ0v) is 9.67. The second-order valence-corrected chi connectivity index (χ2v) is 3.87. The van der Waals surface area contributed by atoms with E-state index in [1.165, 1.54) is 12.0 Å². The Hall–Kier alpha value is -1.18. The van der Waals surface area contributed by atoms with Gasteiger partial charge in [-0.15, -0.1) is 0 Å². The molecule has 1 aromatic rings. The molecule has 0 radical (unpaired) electrons. The standard InChI is InChI=1S/C11H12O2.C2H6/c1-8-4-2-5-9-10(8)13-11(12-9)6-3-7-11;1-2/h2,4-5H,3,6-7H2,1H3;1-2H3. The molecule has 1 spiro atoms. The maximum atomic E-state index is 5.84. The molecule has 0 aromatic heterocycles. The lowest BCUT2D eigenvalue weighted by atomic mass is 9.91. The van der Waals surface area contributed by atoms with Gasteiger partial charge in [0.25, 0.3) is 5.79 Å². The first kappa shape index (κ1) is 10.3. The molecule has 0 bridgehead atoms. The van der Waals surface area contributed by atoms with Crippen molar-refractivity contribution in [1.82, 2.24) is 0 Å². The molecule has 3 rings (SSSR count). The molecule has 0 unspecified atom stereocenters. The van der Waals surface area contributed by atoms with Crippen LogP contribution < -0.4 is 9.47 Å². The second-order valence-electron chi connectivity index (χ2n) is 3.87. The van der Waals surface area contributed by atoms with Crippen molar-refractivity contribution in [3.05, 3.63) is 23.8 Å². The van der Waals surface area contributed by atoms with E-state index in [2.05, 4.69) is 13.0 Å². The van der Waals surface area contributed by atoms with E-state index in [0.29, 0.717) is 0 Å². The van der Waals surface area contributed by atoms with Crippen molar-refractivity contribution in [1.29, 1.82) is 0 Å². The lowest BCUT2D eigenvalue weighted by Gasteiger charge is -2.35. The predicted molar refractivity (Wildman–Crippen MR) is 60.4 cm³/mol. The van der Waals surface area contributed by atoms with Crippen molar-refractivity contribution in [2.24, 2.45) is 0 Å². The van der Waals surface area contributed by atoms with Gasteiger partial charge in [-0.1, -0.05) is 26.0 Å². The number of rotatable bonds is 0. The summed E-state index contributed by atoms with van der Waals surface area (Å²) in [6.07, 6.45) is 3.27. The molecule has 2 aliphatic rings. The van der Waals surface area contributed by atoms with Crippen molar-refractivity contribution in [2.75, 3.05) is 0 Å². The van der Waals surface area contributed by atoms with E-state index in [0.717, 1.165) is 24.3 Å². The van der Waals surface area contributed by atoms with Crippen LogP contribution in [0.3, 0.4) is 0 Å². The molecule has 15 heavy (non-hydrogen) atoms. The minimum atomic E-state index is -0.283. The fourth-order valence-electron chi connectivity index (χ4n) is 1.91. The first-order valence-electron chi connectivity index (χ1n) is 5.77. The summed E-state index contributed by atoms with van der Waals surface area (Å²) in [7, 11) is 0. The molecule has 82 valence electrons. The van der Waals surface area contributed by atoms with Crippen LogP contribution in [-0.4, -0.2) is 5.79 Å². The van der Waals surface area contributed by atoms with Crippen LogP contribution in [0.4, 0.5) is 0 Å². The van der Waals surface area contributed by atoms with Gasteiger partial charge in [-0.3, -0.25) is 0 Å². The van der Waals surface area contributed by atoms with Crippen molar-refractivity contribution in [3.8, 4) is 11.5 Å². The largest absolute Gasteiger partial charge is 0.448 e. The van der Waals surface area contributed by atoms with Crippen molar-refractivity contribution >= 4 is 0 Å².